The zero-order valence-electron chi connectivity index (χ0n) is 20.7. The van der Waals surface area contributed by atoms with E-state index in [1.54, 1.807) is 50.2 Å². The van der Waals surface area contributed by atoms with Gasteiger partial charge in [0.1, 0.15) is 6.54 Å². The summed E-state index contributed by atoms with van der Waals surface area (Å²) in [6, 6.07) is 16.1. The van der Waals surface area contributed by atoms with E-state index >= 15 is 0 Å². The third-order valence-electron chi connectivity index (χ3n) is 5.31. The molecule has 38 heavy (non-hydrogen) atoms. The van der Waals surface area contributed by atoms with E-state index in [4.69, 9.17) is 0 Å². The largest absolute Gasteiger partial charge is 0.416 e. The molecule has 0 radical (unpaired) electrons. The lowest BCUT2D eigenvalue weighted by atomic mass is 10.1. The molecule has 0 fully saturated rings. The maximum absolute atomic E-state index is 13.4. The number of halogens is 3. The fourth-order valence-corrected chi connectivity index (χ4v) is 4.80. The Kier molecular flexibility index (Phi) is 8.56. The van der Waals surface area contributed by atoms with Crippen molar-refractivity contribution in [3.63, 3.8) is 0 Å². The highest BCUT2D eigenvalue weighted by Gasteiger charge is 2.33. The van der Waals surface area contributed by atoms with E-state index in [9.17, 15) is 31.2 Å². The molecule has 0 atom stereocenters. The van der Waals surface area contributed by atoms with Crippen LogP contribution in [-0.4, -0.2) is 32.5 Å². The van der Waals surface area contributed by atoms with Gasteiger partial charge in [-0.05, 0) is 61.9 Å². The Morgan fingerprint density at radius 3 is 2.24 bits per heavy atom. The smallest absolute Gasteiger partial charge is 0.326 e. The predicted molar refractivity (Wildman–Crippen MR) is 138 cm³/mol. The number of hydrogen-bond acceptors (Lipinski definition) is 5. The van der Waals surface area contributed by atoms with Gasteiger partial charge in [-0.2, -0.15) is 18.3 Å². The number of amides is 2. The second-order valence-corrected chi connectivity index (χ2v) is 10.2. The number of aryl methyl sites for hydroxylation is 1. The molecule has 0 aromatic heterocycles. The standard InChI is InChI=1S/C26H25F3N4O4S/c1-17-10-12-24(13-11-17)38(36,37)33(23-9-5-7-21(15-23)26(27,28)29)16-25(35)32-31-18(2)20-6-4-8-22(14-20)30-19(3)34/h4-15H,16H2,1-3H3,(H,30,34)(H,32,35)/b31-18-. The third kappa shape index (κ3) is 7.19. The van der Waals surface area contributed by atoms with E-state index in [0.29, 0.717) is 27.3 Å². The Morgan fingerprint density at radius 2 is 1.61 bits per heavy atom. The number of sulfonamides is 1. The lowest BCUT2D eigenvalue weighted by Gasteiger charge is -2.24. The van der Waals surface area contributed by atoms with E-state index in [0.717, 1.165) is 17.7 Å². The highest BCUT2D eigenvalue weighted by molar-refractivity contribution is 7.92. The van der Waals surface area contributed by atoms with Gasteiger partial charge in [0.15, 0.2) is 0 Å². The van der Waals surface area contributed by atoms with Gasteiger partial charge in [-0.1, -0.05) is 35.9 Å². The first-order valence-electron chi connectivity index (χ1n) is 11.2. The quantitative estimate of drug-likeness (QED) is 0.315. The summed E-state index contributed by atoms with van der Waals surface area (Å²) >= 11 is 0. The Bertz CT molecular complexity index is 1470. The van der Waals surface area contributed by atoms with Crippen molar-refractivity contribution in [1.29, 1.82) is 0 Å². The van der Waals surface area contributed by atoms with Crippen molar-refractivity contribution in [2.75, 3.05) is 16.2 Å². The van der Waals surface area contributed by atoms with E-state index in [2.05, 4.69) is 15.8 Å². The van der Waals surface area contributed by atoms with Crippen LogP contribution >= 0.6 is 0 Å². The number of hydrogen-bond donors (Lipinski definition) is 2. The molecule has 0 spiro atoms. The van der Waals surface area contributed by atoms with Crippen LogP contribution in [0.2, 0.25) is 0 Å². The van der Waals surface area contributed by atoms with Crippen LogP contribution in [0.4, 0.5) is 24.5 Å². The summed E-state index contributed by atoms with van der Waals surface area (Å²) in [5, 5.41) is 6.61. The Labute approximate surface area is 218 Å². The van der Waals surface area contributed by atoms with Crippen molar-refractivity contribution in [2.45, 2.75) is 31.8 Å². The normalized spacial score (nSPS) is 12.1. The first kappa shape index (κ1) is 28.4. The van der Waals surface area contributed by atoms with Gasteiger partial charge in [-0.25, -0.2) is 13.8 Å². The summed E-state index contributed by atoms with van der Waals surface area (Å²) < 4.78 is 67.5. The first-order valence-corrected chi connectivity index (χ1v) is 12.7. The number of nitrogens with one attached hydrogen (secondary N) is 2. The summed E-state index contributed by atoms with van der Waals surface area (Å²) in [6.07, 6.45) is -4.72. The molecule has 3 rings (SSSR count). The topological polar surface area (TPSA) is 108 Å². The highest BCUT2D eigenvalue weighted by atomic mass is 32.2. The van der Waals surface area contributed by atoms with Crippen LogP contribution in [-0.2, 0) is 25.8 Å². The maximum atomic E-state index is 13.4. The molecule has 0 saturated heterocycles. The molecule has 2 amide bonds. The lowest BCUT2D eigenvalue weighted by molar-refractivity contribution is -0.137. The second kappa shape index (κ2) is 11.5. The fraction of sp³-hybridized carbons (Fsp3) is 0.192. The fourth-order valence-electron chi connectivity index (χ4n) is 3.39. The van der Waals surface area contributed by atoms with E-state index in [-0.39, 0.29) is 16.5 Å². The maximum Gasteiger partial charge on any atom is 0.416 e. The van der Waals surface area contributed by atoms with Crippen molar-refractivity contribution in [2.24, 2.45) is 5.10 Å². The molecule has 0 saturated carbocycles. The molecule has 3 aromatic rings. The molecular formula is C26H25F3N4O4S. The van der Waals surface area contributed by atoms with E-state index in [1.165, 1.54) is 25.1 Å². The van der Waals surface area contributed by atoms with Crippen LogP contribution in [0, 0.1) is 6.92 Å². The molecule has 0 bridgehead atoms. The van der Waals surface area contributed by atoms with Gasteiger partial charge in [-0.15, -0.1) is 0 Å². The van der Waals surface area contributed by atoms with Gasteiger partial charge in [0.25, 0.3) is 15.9 Å². The van der Waals surface area contributed by atoms with Crippen LogP contribution in [0.5, 0.6) is 0 Å². The van der Waals surface area contributed by atoms with Crippen molar-refractivity contribution >= 4 is 38.9 Å². The number of hydrazone groups is 1. The number of alkyl halides is 3. The van der Waals surface area contributed by atoms with Crippen molar-refractivity contribution < 1.29 is 31.2 Å². The number of benzene rings is 3. The average Bonchev–Trinajstić information content (AvgIpc) is 2.85. The summed E-state index contributed by atoms with van der Waals surface area (Å²) in [4.78, 5) is 23.9. The minimum atomic E-state index is -4.72. The molecule has 12 heteroatoms. The molecule has 0 aliphatic heterocycles. The molecular weight excluding hydrogens is 521 g/mol. The Hall–Kier alpha value is -4.19. The summed E-state index contributed by atoms with van der Waals surface area (Å²) in [7, 11) is -4.42. The lowest BCUT2D eigenvalue weighted by Crippen LogP contribution is -2.40. The zero-order chi connectivity index (χ0) is 28.1. The van der Waals surface area contributed by atoms with Gasteiger partial charge >= 0.3 is 6.18 Å². The Balaban J connectivity index is 1.91. The van der Waals surface area contributed by atoms with Crippen molar-refractivity contribution in [1.82, 2.24) is 5.43 Å². The van der Waals surface area contributed by atoms with Gasteiger partial charge in [0, 0.05) is 12.6 Å². The van der Waals surface area contributed by atoms with Gasteiger partial charge in [0.2, 0.25) is 5.91 Å². The Morgan fingerprint density at radius 1 is 0.947 bits per heavy atom. The molecule has 8 nitrogen and oxygen atoms in total. The van der Waals surface area contributed by atoms with Crippen LogP contribution < -0.4 is 15.0 Å². The van der Waals surface area contributed by atoms with Crippen LogP contribution in [0.15, 0.2) is 82.8 Å². The third-order valence-corrected chi connectivity index (χ3v) is 7.09. The first-order chi connectivity index (χ1) is 17.8. The number of nitrogens with zero attached hydrogens (tertiary/aromatic N) is 2. The summed E-state index contributed by atoms with van der Waals surface area (Å²) in [5.74, 6) is -1.15. The van der Waals surface area contributed by atoms with E-state index < -0.39 is 34.2 Å². The molecule has 3 aromatic carbocycles. The van der Waals surface area contributed by atoms with Crippen LogP contribution in [0.1, 0.15) is 30.5 Å². The molecule has 0 aliphatic carbocycles. The van der Waals surface area contributed by atoms with Crippen molar-refractivity contribution in [3.8, 4) is 0 Å². The zero-order valence-corrected chi connectivity index (χ0v) is 21.5. The predicted octanol–water partition coefficient (Wildman–Crippen LogP) is 4.71. The second-order valence-electron chi connectivity index (χ2n) is 8.37. The number of carbonyl (C=O) groups excluding carboxylic acids is 2. The number of rotatable bonds is 8. The average molecular weight is 547 g/mol. The summed E-state index contributed by atoms with van der Waals surface area (Å²) in [5.41, 5.74) is 3.06. The minimum Gasteiger partial charge on any atom is -0.326 e. The van der Waals surface area contributed by atoms with Gasteiger partial charge < -0.3 is 5.32 Å². The molecule has 0 unspecified atom stereocenters. The highest BCUT2D eigenvalue weighted by Crippen LogP contribution is 2.33. The van der Waals surface area contributed by atoms with E-state index in [1.807, 2.05) is 0 Å². The van der Waals surface area contributed by atoms with Gasteiger partial charge in [-0.3, -0.25) is 13.9 Å². The van der Waals surface area contributed by atoms with Crippen molar-refractivity contribution in [3.05, 3.63) is 89.5 Å². The molecule has 2 N–H and O–H groups in total. The van der Waals surface area contributed by atoms with Crippen LogP contribution in [0.3, 0.4) is 0 Å². The number of anilines is 2. The molecule has 200 valence electrons. The monoisotopic (exact) mass is 546 g/mol. The SMILES string of the molecule is CC(=O)Nc1cccc(/C(C)=N\NC(=O)CN(c2cccc(C(F)(F)F)c2)S(=O)(=O)c2ccc(C)cc2)c1. The van der Waals surface area contributed by atoms with Gasteiger partial charge in [0.05, 0.1) is 21.9 Å². The number of carbonyl (C=O) groups is 2. The van der Waals surface area contributed by atoms with Crippen LogP contribution in [0.25, 0.3) is 0 Å². The molecule has 0 heterocycles. The summed E-state index contributed by atoms with van der Waals surface area (Å²) in [6.45, 7) is 3.86. The molecule has 0 aliphatic rings. The minimum absolute atomic E-state index is 0.192.